The van der Waals surface area contributed by atoms with Crippen LogP contribution in [0, 0.1) is 58.7 Å². The number of fused-ring (bicyclic) bond motifs is 2. The van der Waals surface area contributed by atoms with Crippen molar-refractivity contribution in [3.8, 4) is 0 Å². The highest BCUT2D eigenvalue weighted by Crippen LogP contribution is 2.61. The first kappa shape index (κ1) is 40.9. The van der Waals surface area contributed by atoms with Gasteiger partial charge in [-0.25, -0.2) is 0 Å². The van der Waals surface area contributed by atoms with Gasteiger partial charge in [-0.1, -0.05) is 53.9 Å². The van der Waals surface area contributed by atoms with Crippen molar-refractivity contribution in [3.05, 3.63) is 0 Å². The van der Waals surface area contributed by atoms with Crippen LogP contribution in [0.25, 0.3) is 0 Å². The largest absolute Gasteiger partial charge is 0.394 e. The minimum Gasteiger partial charge on any atom is -0.394 e. The molecule has 6 rings (SSSR count). The predicted molar refractivity (Wildman–Crippen MR) is 200 cm³/mol. The fourth-order valence-corrected chi connectivity index (χ4v) is 11.5. The number of rotatable bonds is 15. The van der Waals surface area contributed by atoms with Gasteiger partial charge >= 0.3 is 0 Å². The Hall–Kier alpha value is -1.30. The molecular formula is C41H74N4O6. The highest BCUT2D eigenvalue weighted by atomic mass is 16.7. The molecule has 6 aliphatic rings. The summed E-state index contributed by atoms with van der Waals surface area (Å²) in [5.41, 5.74) is 0.323. The van der Waals surface area contributed by atoms with Crippen molar-refractivity contribution in [2.45, 2.75) is 149 Å². The number of nitrogens with one attached hydrogen (secondary N) is 2. The summed E-state index contributed by atoms with van der Waals surface area (Å²) in [6.07, 6.45) is 8.84. The van der Waals surface area contributed by atoms with Crippen LogP contribution in [0.4, 0.5) is 0 Å². The maximum absolute atomic E-state index is 14.3. The fourth-order valence-electron chi connectivity index (χ4n) is 11.5. The van der Waals surface area contributed by atoms with E-state index in [1.807, 2.05) is 5.06 Å². The van der Waals surface area contributed by atoms with E-state index < -0.39 is 24.2 Å². The molecule has 0 radical (unpaired) electrons. The first-order valence-corrected chi connectivity index (χ1v) is 20.7. The van der Waals surface area contributed by atoms with E-state index >= 15 is 0 Å². The van der Waals surface area contributed by atoms with Crippen molar-refractivity contribution in [2.24, 2.45) is 58.7 Å². The molecule has 1 heterocycles. The molecule has 0 aromatic heterocycles. The molecule has 6 fully saturated rings. The molecular weight excluding hydrogens is 644 g/mol. The van der Waals surface area contributed by atoms with E-state index in [1.54, 1.807) is 6.92 Å². The van der Waals surface area contributed by atoms with Crippen LogP contribution in [0.2, 0.25) is 0 Å². The Morgan fingerprint density at radius 3 is 2.37 bits per heavy atom. The SMILES string of the molecule is CCOC1C(CN2O[C@@H](CO)[C@H]([C@H](C)O)[C@H]2C(=O)N[C@H]2C[C@H]3C[C@@H]([C@@H]2C)C3(C)C)CCCC1C1CCCC(C(=O)N[C@H](CC(C)C)CN(C)C)C1. The summed E-state index contributed by atoms with van der Waals surface area (Å²) in [7, 11) is 4.14. The second-order valence-electron chi connectivity index (χ2n) is 18.8. The van der Waals surface area contributed by atoms with Crippen LogP contribution in [-0.4, -0.2) is 109 Å². The average molecular weight is 719 g/mol. The molecule has 1 saturated heterocycles. The zero-order valence-electron chi connectivity index (χ0n) is 33.5. The predicted octanol–water partition coefficient (Wildman–Crippen LogP) is 4.87. The molecule has 294 valence electrons. The maximum atomic E-state index is 14.3. The number of likely N-dealkylation sites (N-methyl/N-ethyl adjacent to an activating group) is 1. The Kier molecular flexibility index (Phi) is 14.0. The molecule has 2 bridgehead atoms. The second kappa shape index (κ2) is 17.4. The number of carbonyl (C=O) groups excluding carboxylic acids is 2. The standard InChI is InChI=1S/C41H74N4O6/c1-10-50-38-29(15-12-16-32(38)27-13-11-14-28(18-27)39(48)42-31(17-24(2)3)22-44(8)9)21-45-37(36(26(5)47)35(23-46)51-45)40(49)43-34-20-30-19-33(25(34)4)41(30,6)7/h24-38,46-47H,10-23H2,1-9H3,(H,42,48)(H,43,49)/t25-,26-,27?,28?,29?,30+,31+,32?,33-,34-,35-,36-,37-,38?/m0/s1. The van der Waals surface area contributed by atoms with Crippen molar-refractivity contribution >= 4 is 11.8 Å². The van der Waals surface area contributed by atoms with Crippen LogP contribution < -0.4 is 10.6 Å². The monoisotopic (exact) mass is 719 g/mol. The van der Waals surface area contributed by atoms with Crippen LogP contribution in [0.3, 0.4) is 0 Å². The normalized spacial score (nSPS) is 39.4. The molecule has 5 aliphatic carbocycles. The summed E-state index contributed by atoms with van der Waals surface area (Å²) < 4.78 is 6.63. The summed E-state index contributed by atoms with van der Waals surface area (Å²) in [6.45, 7) is 16.9. The molecule has 2 amide bonds. The van der Waals surface area contributed by atoms with Gasteiger partial charge in [0.2, 0.25) is 11.8 Å². The smallest absolute Gasteiger partial charge is 0.240 e. The van der Waals surface area contributed by atoms with Crippen LogP contribution in [0.15, 0.2) is 0 Å². The van der Waals surface area contributed by atoms with Gasteiger partial charge in [0.1, 0.15) is 12.1 Å². The number of amides is 2. The number of nitrogens with zero attached hydrogens (tertiary/aromatic N) is 2. The molecule has 0 spiro atoms. The van der Waals surface area contributed by atoms with Crippen molar-refractivity contribution < 1.29 is 29.4 Å². The summed E-state index contributed by atoms with van der Waals surface area (Å²) in [5, 5.41) is 30.0. The van der Waals surface area contributed by atoms with E-state index in [4.69, 9.17) is 9.57 Å². The average Bonchev–Trinajstić information content (AvgIpc) is 3.44. The Bertz CT molecular complexity index is 1140. The van der Waals surface area contributed by atoms with Crippen molar-refractivity contribution in [1.29, 1.82) is 0 Å². The first-order chi connectivity index (χ1) is 24.2. The Morgan fingerprint density at radius 2 is 1.76 bits per heavy atom. The summed E-state index contributed by atoms with van der Waals surface area (Å²) in [4.78, 5) is 36.5. The van der Waals surface area contributed by atoms with Crippen LogP contribution in [0.1, 0.15) is 113 Å². The number of hydrogen-bond acceptors (Lipinski definition) is 8. The third-order valence-electron chi connectivity index (χ3n) is 14.2. The number of hydroxylamine groups is 2. The van der Waals surface area contributed by atoms with Crippen LogP contribution in [0.5, 0.6) is 0 Å². The molecule has 51 heavy (non-hydrogen) atoms. The van der Waals surface area contributed by atoms with Crippen molar-refractivity contribution in [1.82, 2.24) is 20.6 Å². The number of ether oxygens (including phenoxy) is 1. The Labute approximate surface area is 309 Å². The third kappa shape index (κ3) is 9.16. The zero-order valence-corrected chi connectivity index (χ0v) is 33.5. The van der Waals surface area contributed by atoms with Gasteiger partial charge in [-0.2, -0.15) is 5.06 Å². The lowest BCUT2D eigenvalue weighted by Crippen LogP contribution is -2.62. The first-order valence-electron chi connectivity index (χ1n) is 20.7. The van der Waals surface area contributed by atoms with Gasteiger partial charge < -0.3 is 30.5 Å². The molecule has 10 nitrogen and oxygen atoms in total. The Morgan fingerprint density at radius 1 is 1.04 bits per heavy atom. The molecule has 0 aromatic rings. The van der Waals surface area contributed by atoms with Gasteiger partial charge in [0.15, 0.2) is 0 Å². The fraction of sp³-hybridized carbons (Fsp3) is 0.951. The van der Waals surface area contributed by atoms with Gasteiger partial charge in [-0.3, -0.25) is 14.4 Å². The number of aliphatic hydroxyl groups is 2. The van der Waals surface area contributed by atoms with E-state index in [0.717, 1.165) is 64.3 Å². The highest BCUT2D eigenvalue weighted by Gasteiger charge is 2.58. The van der Waals surface area contributed by atoms with Gasteiger partial charge in [-0.05, 0) is 114 Å². The molecule has 10 heteroatoms. The molecule has 4 N–H and O–H groups in total. The summed E-state index contributed by atoms with van der Waals surface area (Å²) >= 11 is 0. The molecule has 5 unspecified atom stereocenters. The van der Waals surface area contributed by atoms with Gasteiger partial charge in [0.05, 0.1) is 18.8 Å². The molecule has 5 saturated carbocycles. The van der Waals surface area contributed by atoms with Gasteiger partial charge in [0, 0.05) is 49.5 Å². The van der Waals surface area contributed by atoms with E-state index in [2.05, 4.69) is 71.2 Å². The summed E-state index contributed by atoms with van der Waals surface area (Å²) in [5.74, 6) is 2.61. The summed E-state index contributed by atoms with van der Waals surface area (Å²) in [6, 6.07) is -0.429. The maximum Gasteiger partial charge on any atom is 0.240 e. The van der Waals surface area contributed by atoms with E-state index in [0.29, 0.717) is 54.1 Å². The molecule has 14 atom stereocenters. The quantitative estimate of drug-likeness (QED) is 0.189. The third-order valence-corrected chi connectivity index (χ3v) is 14.2. The lowest BCUT2D eigenvalue weighted by Gasteiger charge is -2.62. The van der Waals surface area contributed by atoms with Gasteiger partial charge in [-0.15, -0.1) is 0 Å². The van der Waals surface area contributed by atoms with E-state index in [1.165, 1.54) is 6.42 Å². The molecule has 1 aliphatic heterocycles. The second-order valence-corrected chi connectivity index (χ2v) is 18.8. The topological polar surface area (TPSA) is 124 Å². The lowest BCUT2D eigenvalue weighted by molar-refractivity contribution is -0.194. The highest BCUT2D eigenvalue weighted by molar-refractivity contribution is 5.83. The minimum atomic E-state index is -0.816. The van der Waals surface area contributed by atoms with Crippen molar-refractivity contribution in [3.63, 3.8) is 0 Å². The Balaban J connectivity index is 1.28. The number of hydrogen-bond donors (Lipinski definition) is 4. The lowest BCUT2D eigenvalue weighted by atomic mass is 9.45. The minimum absolute atomic E-state index is 0.00353. The van der Waals surface area contributed by atoms with Crippen molar-refractivity contribution in [2.75, 3.05) is 40.4 Å². The molecule has 0 aromatic carbocycles. The zero-order chi connectivity index (χ0) is 37.2. The van der Waals surface area contributed by atoms with E-state index in [-0.39, 0.29) is 48.4 Å². The van der Waals surface area contributed by atoms with Crippen LogP contribution in [-0.2, 0) is 19.2 Å². The number of aliphatic hydroxyl groups excluding tert-OH is 2. The van der Waals surface area contributed by atoms with E-state index in [9.17, 15) is 19.8 Å². The number of carbonyl (C=O) groups is 2. The van der Waals surface area contributed by atoms with Gasteiger partial charge in [0.25, 0.3) is 0 Å². The van der Waals surface area contributed by atoms with Crippen LogP contribution >= 0.6 is 0 Å².